The largest absolute Gasteiger partial charge is 0.503 e. The Morgan fingerprint density at radius 2 is 2.08 bits per heavy atom. The van der Waals surface area contributed by atoms with Crippen LogP contribution in [0.4, 0.5) is 4.39 Å². The van der Waals surface area contributed by atoms with Crippen molar-refractivity contribution in [2.75, 3.05) is 39.4 Å². The van der Waals surface area contributed by atoms with E-state index in [9.17, 15) is 23.9 Å². The molecule has 3 heterocycles. The van der Waals surface area contributed by atoms with Crippen LogP contribution in [0.2, 0.25) is 0 Å². The molecule has 1 aromatic heterocycles. The van der Waals surface area contributed by atoms with Crippen LogP contribution in [0.3, 0.4) is 0 Å². The molecule has 1 N–H and O–H groups in total. The van der Waals surface area contributed by atoms with Gasteiger partial charge in [-0.05, 0) is 63.2 Å². The zero-order valence-electron chi connectivity index (χ0n) is 24.1. The maximum atomic E-state index is 14.0. The quantitative estimate of drug-likeness (QED) is 0.309. The average molecular weight is 556 g/mol. The first kappa shape index (κ1) is 30.8. The third kappa shape index (κ3) is 7.49. The molecule has 9 nitrogen and oxygen atoms in total. The summed E-state index contributed by atoms with van der Waals surface area (Å²) in [5, 5.41) is 16.9. The van der Waals surface area contributed by atoms with E-state index in [1.807, 2.05) is 38.4 Å². The van der Waals surface area contributed by atoms with Crippen LogP contribution in [0.5, 0.6) is 5.75 Å². The zero-order chi connectivity index (χ0) is 29.2. The minimum atomic E-state index is -0.574. The van der Waals surface area contributed by atoms with E-state index >= 15 is 0 Å². The van der Waals surface area contributed by atoms with Gasteiger partial charge in [0.15, 0.2) is 5.75 Å². The molecule has 2 aliphatic rings. The van der Waals surface area contributed by atoms with Crippen molar-refractivity contribution in [3.63, 3.8) is 0 Å². The molecule has 40 heavy (non-hydrogen) atoms. The number of amides is 2. The van der Waals surface area contributed by atoms with Crippen molar-refractivity contribution in [3.8, 4) is 5.75 Å². The molecule has 0 aromatic carbocycles. The van der Waals surface area contributed by atoms with Gasteiger partial charge >= 0.3 is 0 Å². The number of hydrogen-bond donors (Lipinski definition) is 1. The van der Waals surface area contributed by atoms with Gasteiger partial charge in [-0.1, -0.05) is 25.2 Å². The molecule has 2 amide bonds. The molecule has 0 fully saturated rings. The van der Waals surface area contributed by atoms with Crippen molar-refractivity contribution in [2.24, 2.45) is 5.10 Å². The predicted octanol–water partition coefficient (Wildman–Crippen LogP) is 4.12. The van der Waals surface area contributed by atoms with E-state index in [1.54, 1.807) is 34.7 Å². The Morgan fingerprint density at radius 1 is 1.30 bits per heavy atom. The second kappa shape index (κ2) is 14.6. The zero-order valence-corrected chi connectivity index (χ0v) is 24.1. The number of aromatic nitrogens is 1. The molecular formula is C30H42FN5O4. The summed E-state index contributed by atoms with van der Waals surface area (Å²) in [6.45, 7) is 8.67. The highest BCUT2D eigenvalue weighted by atomic mass is 19.1. The Kier molecular flexibility index (Phi) is 11.3. The lowest BCUT2D eigenvalue weighted by molar-refractivity contribution is -0.117. The number of hydrogen-bond acceptors (Lipinski definition) is 6. The van der Waals surface area contributed by atoms with E-state index in [0.717, 1.165) is 31.2 Å². The first-order valence-corrected chi connectivity index (χ1v) is 14.0. The van der Waals surface area contributed by atoms with Crippen LogP contribution in [0, 0.1) is 6.92 Å². The number of hydrazone groups is 1. The predicted molar refractivity (Wildman–Crippen MR) is 155 cm³/mol. The molecule has 3 rings (SSSR count). The molecule has 10 heteroatoms. The van der Waals surface area contributed by atoms with Crippen LogP contribution in [0.25, 0.3) is 0 Å². The van der Waals surface area contributed by atoms with Crippen molar-refractivity contribution in [1.82, 2.24) is 19.4 Å². The minimum absolute atomic E-state index is 0.257. The molecule has 0 aliphatic carbocycles. The Balaban J connectivity index is 1.95. The second-order valence-corrected chi connectivity index (χ2v) is 10.5. The number of fused-ring (bicyclic) bond motifs is 1. The molecule has 1 aromatic rings. The normalized spacial score (nSPS) is 18.0. The van der Waals surface area contributed by atoms with E-state index in [2.05, 4.69) is 5.10 Å². The van der Waals surface area contributed by atoms with Gasteiger partial charge in [0.1, 0.15) is 12.4 Å². The SMILES string of the molecule is CC/C=C(\C=C(\C)CF)CN(C=O)CCc1c(C)c(O)c(=O)n2c1C(=O)N(CCN1C=CCC=N1)CCCC2C. The number of carbonyl (C=O) groups is 2. The molecule has 218 valence electrons. The summed E-state index contributed by atoms with van der Waals surface area (Å²) in [5.41, 5.74) is 2.00. The molecule has 2 aliphatic heterocycles. The fourth-order valence-corrected chi connectivity index (χ4v) is 5.21. The number of halogens is 1. The molecule has 0 spiro atoms. The monoisotopic (exact) mass is 555 g/mol. The molecule has 1 unspecified atom stereocenters. The fraction of sp³-hybridized carbons (Fsp3) is 0.533. The van der Waals surface area contributed by atoms with Crippen molar-refractivity contribution < 1.29 is 19.1 Å². The second-order valence-electron chi connectivity index (χ2n) is 10.5. The molecule has 0 bridgehead atoms. The maximum Gasteiger partial charge on any atom is 0.293 e. The Bertz CT molecular complexity index is 1240. The van der Waals surface area contributed by atoms with Gasteiger partial charge in [-0.2, -0.15) is 5.10 Å². The minimum Gasteiger partial charge on any atom is -0.503 e. The van der Waals surface area contributed by atoms with Crippen molar-refractivity contribution in [2.45, 2.75) is 65.8 Å². The van der Waals surface area contributed by atoms with Crippen LogP contribution in [0.1, 0.15) is 74.1 Å². The van der Waals surface area contributed by atoms with Gasteiger partial charge in [0.2, 0.25) is 6.41 Å². The van der Waals surface area contributed by atoms with Crippen LogP contribution < -0.4 is 5.56 Å². The number of nitrogens with zero attached hydrogens (tertiary/aromatic N) is 5. The first-order chi connectivity index (χ1) is 19.2. The molecule has 0 saturated carbocycles. The van der Waals surface area contributed by atoms with Crippen molar-refractivity contribution >= 4 is 18.5 Å². The van der Waals surface area contributed by atoms with Crippen LogP contribution >= 0.6 is 0 Å². The number of allylic oxidation sites excluding steroid dienone is 3. The Morgan fingerprint density at radius 3 is 2.73 bits per heavy atom. The summed E-state index contributed by atoms with van der Waals surface area (Å²) < 4.78 is 14.5. The number of carbonyl (C=O) groups excluding carboxylic acids is 2. The van der Waals surface area contributed by atoms with Gasteiger partial charge in [-0.15, -0.1) is 0 Å². The van der Waals surface area contributed by atoms with Gasteiger partial charge in [0, 0.05) is 56.6 Å². The molecule has 0 saturated heterocycles. The Hall–Kier alpha value is -3.69. The van der Waals surface area contributed by atoms with Crippen molar-refractivity contribution in [3.05, 3.63) is 62.7 Å². The summed E-state index contributed by atoms with van der Waals surface area (Å²) in [6, 6.07) is -0.274. The number of rotatable bonds is 12. The summed E-state index contributed by atoms with van der Waals surface area (Å²) >= 11 is 0. The van der Waals surface area contributed by atoms with E-state index in [1.165, 1.54) is 4.57 Å². The molecular weight excluding hydrogens is 513 g/mol. The number of pyridine rings is 1. The summed E-state index contributed by atoms with van der Waals surface area (Å²) in [4.78, 5) is 42.6. The van der Waals surface area contributed by atoms with Gasteiger partial charge in [0.25, 0.3) is 11.5 Å². The van der Waals surface area contributed by atoms with E-state index in [4.69, 9.17) is 0 Å². The number of aromatic hydroxyl groups is 1. The highest BCUT2D eigenvalue weighted by Gasteiger charge is 2.31. The lowest BCUT2D eigenvalue weighted by atomic mass is 9.98. The first-order valence-electron chi connectivity index (χ1n) is 14.0. The van der Waals surface area contributed by atoms with E-state index < -0.39 is 12.2 Å². The highest BCUT2D eigenvalue weighted by Crippen LogP contribution is 2.28. The fourth-order valence-electron chi connectivity index (χ4n) is 5.21. The summed E-state index contributed by atoms with van der Waals surface area (Å²) in [6.07, 6.45) is 13.3. The van der Waals surface area contributed by atoms with Crippen LogP contribution in [-0.2, 0) is 11.2 Å². The van der Waals surface area contributed by atoms with E-state index in [-0.39, 0.29) is 42.9 Å². The summed E-state index contributed by atoms with van der Waals surface area (Å²) in [5.74, 6) is -0.638. The van der Waals surface area contributed by atoms with Crippen LogP contribution in [-0.4, -0.2) is 82.4 Å². The topological polar surface area (TPSA) is 98.5 Å². The Labute approximate surface area is 235 Å². The van der Waals surface area contributed by atoms with E-state index in [0.29, 0.717) is 42.8 Å². The number of alkyl halides is 1. The highest BCUT2D eigenvalue weighted by molar-refractivity contribution is 5.95. The van der Waals surface area contributed by atoms with Gasteiger partial charge in [-0.25, -0.2) is 4.39 Å². The molecule has 0 radical (unpaired) electrons. The van der Waals surface area contributed by atoms with Gasteiger partial charge in [-0.3, -0.25) is 24.0 Å². The third-order valence-corrected chi connectivity index (χ3v) is 7.38. The molecule has 1 atom stereocenters. The van der Waals surface area contributed by atoms with Gasteiger partial charge < -0.3 is 14.9 Å². The van der Waals surface area contributed by atoms with Gasteiger partial charge in [0.05, 0.1) is 6.54 Å². The smallest absolute Gasteiger partial charge is 0.293 e. The van der Waals surface area contributed by atoms with Crippen LogP contribution in [0.15, 0.2) is 45.5 Å². The standard InChI is InChI=1S/C30H42FN5O4/c1-5-9-25(18-22(2)19-31)20-33(21-37)15-11-26-24(4)28(38)30(40)36-23(3)10-8-13-34(29(39)27(26)36)16-17-35-14-7-6-12-32-35/h7,9,12,14,18,21,23,38H,5-6,8,10-11,13,15-17,19-20H2,1-4H3/b22-18-,25-9+. The third-order valence-electron chi connectivity index (χ3n) is 7.38. The maximum absolute atomic E-state index is 14.0. The lowest BCUT2D eigenvalue weighted by Gasteiger charge is -2.33. The average Bonchev–Trinajstić information content (AvgIpc) is 2.95. The lowest BCUT2D eigenvalue weighted by Crippen LogP contribution is -2.43. The van der Waals surface area contributed by atoms with Crippen molar-refractivity contribution in [1.29, 1.82) is 0 Å². The summed E-state index contributed by atoms with van der Waals surface area (Å²) in [7, 11) is 0.